The van der Waals surface area contributed by atoms with E-state index in [0.717, 1.165) is 17.2 Å². The molecule has 21 heavy (non-hydrogen) atoms. The van der Waals surface area contributed by atoms with E-state index in [1.807, 2.05) is 12.1 Å². The maximum Gasteiger partial charge on any atom is 0.225 e. The second-order valence-electron chi connectivity index (χ2n) is 4.96. The molecular formula is C17H20N2OS. The fourth-order valence-electron chi connectivity index (χ4n) is 1.95. The first-order chi connectivity index (χ1) is 10.1. The Balaban J connectivity index is 1.68. The van der Waals surface area contributed by atoms with Crippen molar-refractivity contribution in [3.63, 3.8) is 0 Å². The molecule has 3 N–H and O–H groups in total. The minimum atomic E-state index is 0.0384. The van der Waals surface area contributed by atoms with Gasteiger partial charge >= 0.3 is 0 Å². The molecule has 0 heterocycles. The van der Waals surface area contributed by atoms with E-state index in [2.05, 4.69) is 36.5 Å². The number of benzene rings is 2. The highest BCUT2D eigenvalue weighted by Crippen LogP contribution is 2.15. The molecule has 0 aliphatic carbocycles. The molecule has 0 radical (unpaired) electrons. The molecule has 4 heteroatoms. The number of nitrogen functional groups attached to an aromatic ring is 1. The third-order valence-electron chi connectivity index (χ3n) is 3.02. The Bertz CT molecular complexity index is 596. The van der Waals surface area contributed by atoms with Gasteiger partial charge in [0.25, 0.3) is 0 Å². The molecule has 0 aliphatic heterocycles. The Hall–Kier alpha value is -1.94. The van der Waals surface area contributed by atoms with Crippen molar-refractivity contribution in [1.82, 2.24) is 0 Å². The van der Waals surface area contributed by atoms with Gasteiger partial charge in [-0.2, -0.15) is 11.8 Å². The van der Waals surface area contributed by atoms with E-state index in [1.54, 1.807) is 23.9 Å². The SMILES string of the molecule is Cc1cccc(CSCCC(=O)Nc2ccc(N)cc2)c1. The minimum Gasteiger partial charge on any atom is -0.399 e. The van der Waals surface area contributed by atoms with Gasteiger partial charge in [0.2, 0.25) is 5.91 Å². The fourth-order valence-corrected chi connectivity index (χ4v) is 2.84. The predicted molar refractivity (Wildman–Crippen MR) is 91.4 cm³/mol. The first kappa shape index (κ1) is 15.4. The number of hydrogen-bond donors (Lipinski definition) is 2. The van der Waals surface area contributed by atoms with E-state index in [0.29, 0.717) is 12.1 Å². The number of carbonyl (C=O) groups excluding carboxylic acids is 1. The van der Waals surface area contributed by atoms with E-state index in [-0.39, 0.29) is 5.91 Å². The second kappa shape index (κ2) is 7.74. The van der Waals surface area contributed by atoms with Crippen LogP contribution in [0.25, 0.3) is 0 Å². The Labute approximate surface area is 129 Å². The van der Waals surface area contributed by atoms with Gasteiger partial charge in [0, 0.05) is 29.3 Å². The van der Waals surface area contributed by atoms with Gasteiger partial charge in [-0.1, -0.05) is 29.8 Å². The van der Waals surface area contributed by atoms with Crippen LogP contribution in [0, 0.1) is 6.92 Å². The fraction of sp³-hybridized carbons (Fsp3) is 0.235. The van der Waals surface area contributed by atoms with Crippen molar-refractivity contribution < 1.29 is 4.79 Å². The molecule has 0 spiro atoms. The summed E-state index contributed by atoms with van der Waals surface area (Å²) in [6, 6.07) is 15.6. The van der Waals surface area contributed by atoms with Gasteiger partial charge in [-0.25, -0.2) is 0 Å². The number of rotatable bonds is 6. The van der Waals surface area contributed by atoms with Crippen LogP contribution in [0.2, 0.25) is 0 Å². The van der Waals surface area contributed by atoms with Crippen LogP contribution >= 0.6 is 11.8 Å². The monoisotopic (exact) mass is 300 g/mol. The highest BCUT2D eigenvalue weighted by molar-refractivity contribution is 7.98. The molecule has 2 aromatic carbocycles. The van der Waals surface area contributed by atoms with Crippen LogP contribution in [-0.4, -0.2) is 11.7 Å². The normalized spacial score (nSPS) is 10.3. The molecule has 0 atom stereocenters. The van der Waals surface area contributed by atoms with E-state index in [9.17, 15) is 4.79 Å². The van der Waals surface area contributed by atoms with Gasteiger partial charge in [-0.3, -0.25) is 4.79 Å². The summed E-state index contributed by atoms with van der Waals surface area (Å²) < 4.78 is 0. The average molecular weight is 300 g/mol. The first-order valence-corrected chi connectivity index (χ1v) is 8.07. The third kappa shape index (κ3) is 5.52. The lowest BCUT2D eigenvalue weighted by atomic mass is 10.2. The molecule has 3 nitrogen and oxygen atoms in total. The third-order valence-corrected chi connectivity index (χ3v) is 4.05. The zero-order valence-electron chi connectivity index (χ0n) is 12.1. The number of aryl methyl sites for hydroxylation is 1. The average Bonchev–Trinajstić information content (AvgIpc) is 2.46. The zero-order chi connectivity index (χ0) is 15.1. The molecular weight excluding hydrogens is 280 g/mol. The zero-order valence-corrected chi connectivity index (χ0v) is 13.0. The summed E-state index contributed by atoms with van der Waals surface area (Å²) in [5, 5.41) is 2.87. The van der Waals surface area contributed by atoms with Crippen LogP contribution in [0.5, 0.6) is 0 Å². The highest BCUT2D eigenvalue weighted by Gasteiger charge is 2.02. The smallest absolute Gasteiger partial charge is 0.225 e. The van der Waals surface area contributed by atoms with Crippen LogP contribution < -0.4 is 11.1 Å². The molecule has 2 aromatic rings. The number of thioether (sulfide) groups is 1. The number of amides is 1. The summed E-state index contributed by atoms with van der Waals surface area (Å²) in [6.07, 6.45) is 0.515. The predicted octanol–water partition coefficient (Wildman–Crippen LogP) is 3.84. The van der Waals surface area contributed by atoms with Crippen molar-refractivity contribution in [3.8, 4) is 0 Å². The summed E-state index contributed by atoms with van der Waals surface area (Å²) in [6.45, 7) is 2.09. The van der Waals surface area contributed by atoms with Crippen LogP contribution in [0.3, 0.4) is 0 Å². The highest BCUT2D eigenvalue weighted by atomic mass is 32.2. The largest absolute Gasteiger partial charge is 0.399 e. The molecule has 0 unspecified atom stereocenters. The lowest BCUT2D eigenvalue weighted by molar-refractivity contribution is -0.115. The van der Waals surface area contributed by atoms with E-state index in [4.69, 9.17) is 5.73 Å². The number of nitrogens with two attached hydrogens (primary N) is 1. The Morgan fingerprint density at radius 1 is 1.19 bits per heavy atom. The molecule has 0 fully saturated rings. The lowest BCUT2D eigenvalue weighted by Gasteiger charge is -2.06. The molecule has 0 saturated carbocycles. The number of carbonyl (C=O) groups is 1. The Morgan fingerprint density at radius 3 is 2.67 bits per heavy atom. The molecule has 1 amide bonds. The van der Waals surface area contributed by atoms with Crippen molar-refractivity contribution in [1.29, 1.82) is 0 Å². The number of anilines is 2. The standard InChI is InChI=1S/C17H20N2OS/c1-13-3-2-4-14(11-13)12-21-10-9-17(20)19-16-7-5-15(18)6-8-16/h2-8,11H,9-10,12,18H2,1H3,(H,19,20). The van der Waals surface area contributed by atoms with Crippen molar-refractivity contribution in [2.75, 3.05) is 16.8 Å². The maximum atomic E-state index is 11.8. The van der Waals surface area contributed by atoms with Crippen LogP contribution in [0.4, 0.5) is 11.4 Å². The Kier molecular flexibility index (Phi) is 5.69. The molecule has 0 aromatic heterocycles. The van der Waals surface area contributed by atoms with Gasteiger partial charge in [-0.15, -0.1) is 0 Å². The van der Waals surface area contributed by atoms with Gasteiger partial charge < -0.3 is 11.1 Å². The molecule has 2 rings (SSSR count). The minimum absolute atomic E-state index is 0.0384. The topological polar surface area (TPSA) is 55.1 Å². The van der Waals surface area contributed by atoms with Gasteiger partial charge in [0.1, 0.15) is 0 Å². The van der Waals surface area contributed by atoms with Gasteiger partial charge in [-0.05, 0) is 36.8 Å². The van der Waals surface area contributed by atoms with E-state index < -0.39 is 0 Å². The van der Waals surface area contributed by atoms with Crippen LogP contribution in [-0.2, 0) is 10.5 Å². The summed E-state index contributed by atoms with van der Waals surface area (Å²) >= 11 is 1.78. The molecule has 0 aliphatic rings. The number of hydrogen-bond acceptors (Lipinski definition) is 3. The van der Waals surface area contributed by atoms with Crippen LogP contribution in [0.15, 0.2) is 48.5 Å². The Morgan fingerprint density at radius 2 is 1.95 bits per heavy atom. The van der Waals surface area contributed by atoms with Crippen molar-refractivity contribution in [2.45, 2.75) is 19.1 Å². The van der Waals surface area contributed by atoms with Crippen molar-refractivity contribution >= 4 is 29.0 Å². The first-order valence-electron chi connectivity index (χ1n) is 6.92. The summed E-state index contributed by atoms with van der Waals surface area (Å²) in [4.78, 5) is 11.8. The van der Waals surface area contributed by atoms with E-state index >= 15 is 0 Å². The summed E-state index contributed by atoms with van der Waals surface area (Å²) in [5.41, 5.74) is 9.67. The van der Waals surface area contributed by atoms with E-state index in [1.165, 1.54) is 11.1 Å². The quantitative estimate of drug-likeness (QED) is 0.629. The van der Waals surface area contributed by atoms with Crippen LogP contribution in [0.1, 0.15) is 17.5 Å². The maximum absolute atomic E-state index is 11.8. The summed E-state index contributed by atoms with van der Waals surface area (Å²) in [5.74, 6) is 1.79. The number of nitrogens with one attached hydrogen (secondary N) is 1. The molecule has 0 saturated heterocycles. The molecule has 110 valence electrons. The summed E-state index contributed by atoms with van der Waals surface area (Å²) in [7, 11) is 0. The second-order valence-corrected chi connectivity index (χ2v) is 6.07. The van der Waals surface area contributed by atoms with Crippen molar-refractivity contribution in [2.24, 2.45) is 0 Å². The van der Waals surface area contributed by atoms with Crippen molar-refractivity contribution in [3.05, 3.63) is 59.7 Å². The molecule has 0 bridgehead atoms. The lowest BCUT2D eigenvalue weighted by Crippen LogP contribution is -2.12. The van der Waals surface area contributed by atoms with Gasteiger partial charge in [0.05, 0.1) is 0 Å². The van der Waals surface area contributed by atoms with Gasteiger partial charge in [0.15, 0.2) is 0 Å².